The third-order valence-corrected chi connectivity index (χ3v) is 3.64. The van der Waals surface area contributed by atoms with Crippen LogP contribution in [0, 0.1) is 24.0 Å². The van der Waals surface area contributed by atoms with Crippen LogP contribution in [0.3, 0.4) is 0 Å². The highest BCUT2D eigenvalue weighted by Gasteiger charge is 2.23. The molecule has 0 saturated carbocycles. The highest BCUT2D eigenvalue weighted by atomic mass is 35.5. The largest absolute Gasteiger partial charge is 0.454 e. The molecule has 0 atom stereocenters. The van der Waals surface area contributed by atoms with Crippen molar-refractivity contribution in [1.82, 2.24) is 0 Å². The van der Waals surface area contributed by atoms with E-state index in [1.165, 1.54) is 12.1 Å². The van der Waals surface area contributed by atoms with Crippen molar-refractivity contribution in [3.8, 4) is 0 Å². The number of Topliss-reactive ketones (excluding diaryl/α,β-unsaturated/α-hetero) is 1. The summed E-state index contributed by atoms with van der Waals surface area (Å²) in [6.45, 7) is 3.13. The Morgan fingerprint density at radius 3 is 2.50 bits per heavy atom. The van der Waals surface area contributed by atoms with Crippen LogP contribution in [0.4, 0.5) is 5.69 Å². The minimum atomic E-state index is -0.947. The smallest absolute Gasteiger partial charge is 0.345 e. The van der Waals surface area contributed by atoms with Gasteiger partial charge in [-0.1, -0.05) is 29.3 Å². The fraction of sp³-hybridized carbons (Fsp3) is 0.176. The maximum atomic E-state index is 12.2. The second-order valence-electron chi connectivity index (χ2n) is 5.24. The first-order chi connectivity index (χ1) is 11.3. The summed E-state index contributed by atoms with van der Waals surface area (Å²) < 4.78 is 4.93. The first-order valence-corrected chi connectivity index (χ1v) is 7.39. The monoisotopic (exact) mass is 347 g/mol. The quantitative estimate of drug-likeness (QED) is 0.354. The minimum absolute atomic E-state index is 0.129. The molecule has 0 heterocycles. The average molecular weight is 348 g/mol. The standard InChI is InChI=1S/C17H14ClNO5/c1-10-3-4-11(2)14(7-10)16(20)9-24-17(21)13-6-5-12(18)8-15(13)19(22)23/h3-8H,9H2,1-2H3. The maximum Gasteiger partial charge on any atom is 0.345 e. The first kappa shape index (κ1) is 17.6. The van der Waals surface area contributed by atoms with Gasteiger partial charge in [-0.05, 0) is 37.6 Å². The molecule has 2 rings (SSSR count). The van der Waals surface area contributed by atoms with Crippen LogP contribution in [-0.2, 0) is 4.74 Å². The van der Waals surface area contributed by atoms with Crippen molar-refractivity contribution in [3.63, 3.8) is 0 Å². The normalized spacial score (nSPS) is 10.3. The van der Waals surface area contributed by atoms with E-state index in [4.69, 9.17) is 16.3 Å². The van der Waals surface area contributed by atoms with Crippen LogP contribution in [-0.4, -0.2) is 23.3 Å². The van der Waals surface area contributed by atoms with E-state index >= 15 is 0 Å². The lowest BCUT2D eigenvalue weighted by Crippen LogP contribution is -2.16. The van der Waals surface area contributed by atoms with E-state index in [-0.39, 0.29) is 16.4 Å². The van der Waals surface area contributed by atoms with Gasteiger partial charge in [0.05, 0.1) is 4.92 Å². The molecule has 0 N–H and O–H groups in total. The van der Waals surface area contributed by atoms with Crippen LogP contribution in [0.1, 0.15) is 31.8 Å². The molecule has 0 aromatic heterocycles. The second-order valence-corrected chi connectivity index (χ2v) is 5.67. The molecule has 124 valence electrons. The molecule has 2 aromatic rings. The Kier molecular flexibility index (Phi) is 5.31. The summed E-state index contributed by atoms with van der Waals surface area (Å²) in [4.78, 5) is 34.5. The van der Waals surface area contributed by atoms with Crippen molar-refractivity contribution in [3.05, 3.63) is 73.8 Å². The maximum absolute atomic E-state index is 12.2. The SMILES string of the molecule is Cc1ccc(C)c(C(=O)COC(=O)c2ccc(Cl)cc2[N+](=O)[O-])c1. The summed E-state index contributed by atoms with van der Waals surface area (Å²) in [5.41, 5.74) is 1.40. The molecule has 24 heavy (non-hydrogen) atoms. The van der Waals surface area contributed by atoms with Crippen LogP contribution < -0.4 is 0 Å². The number of aryl methyl sites for hydroxylation is 2. The van der Waals surface area contributed by atoms with Gasteiger partial charge in [0.2, 0.25) is 5.78 Å². The van der Waals surface area contributed by atoms with Gasteiger partial charge in [-0.2, -0.15) is 0 Å². The summed E-state index contributed by atoms with van der Waals surface area (Å²) in [5, 5.41) is 11.1. The van der Waals surface area contributed by atoms with Crippen LogP contribution in [0.25, 0.3) is 0 Å². The van der Waals surface area contributed by atoms with Gasteiger partial charge < -0.3 is 4.74 Å². The number of nitro groups is 1. The molecule has 2 aromatic carbocycles. The summed E-state index contributed by atoms with van der Waals surface area (Å²) in [6, 6.07) is 8.98. The van der Waals surface area contributed by atoms with E-state index in [2.05, 4.69) is 0 Å². The van der Waals surface area contributed by atoms with Crippen molar-refractivity contribution < 1.29 is 19.2 Å². The van der Waals surface area contributed by atoms with Gasteiger partial charge in [0.1, 0.15) is 5.56 Å². The van der Waals surface area contributed by atoms with E-state index < -0.39 is 23.2 Å². The van der Waals surface area contributed by atoms with Crippen molar-refractivity contribution in [2.75, 3.05) is 6.61 Å². The summed E-state index contributed by atoms with van der Waals surface area (Å²) >= 11 is 5.69. The zero-order chi connectivity index (χ0) is 17.9. The number of ketones is 1. The highest BCUT2D eigenvalue weighted by Crippen LogP contribution is 2.24. The van der Waals surface area contributed by atoms with Crippen molar-refractivity contribution >= 4 is 29.0 Å². The van der Waals surface area contributed by atoms with Crippen LogP contribution >= 0.6 is 11.6 Å². The number of ether oxygens (including phenoxy) is 1. The van der Waals surface area contributed by atoms with Gasteiger partial charge in [-0.25, -0.2) is 4.79 Å². The van der Waals surface area contributed by atoms with Crippen LogP contribution in [0.5, 0.6) is 0 Å². The molecule has 0 radical (unpaired) electrons. The molecule has 0 aliphatic heterocycles. The molecule has 0 aliphatic carbocycles. The number of carbonyl (C=O) groups is 2. The number of nitrogens with zero attached hydrogens (tertiary/aromatic N) is 1. The van der Waals surface area contributed by atoms with Gasteiger partial charge in [-0.3, -0.25) is 14.9 Å². The Hall–Kier alpha value is -2.73. The molecule has 0 amide bonds. The van der Waals surface area contributed by atoms with Gasteiger partial charge in [0.25, 0.3) is 5.69 Å². The molecule has 7 heteroatoms. The number of halogens is 1. The number of hydrogen-bond donors (Lipinski definition) is 0. The third kappa shape index (κ3) is 3.97. The molecule has 6 nitrogen and oxygen atoms in total. The topological polar surface area (TPSA) is 86.5 Å². The molecule has 0 bridgehead atoms. The fourth-order valence-corrected chi connectivity index (χ4v) is 2.32. The Balaban J connectivity index is 2.15. The number of hydrogen-bond acceptors (Lipinski definition) is 5. The number of carbonyl (C=O) groups excluding carboxylic acids is 2. The Morgan fingerprint density at radius 1 is 1.12 bits per heavy atom. The number of nitro benzene ring substituents is 1. The lowest BCUT2D eigenvalue weighted by molar-refractivity contribution is -0.385. The molecule has 0 spiro atoms. The van der Waals surface area contributed by atoms with E-state index in [9.17, 15) is 19.7 Å². The summed E-state index contributed by atoms with van der Waals surface area (Å²) in [7, 11) is 0. The third-order valence-electron chi connectivity index (χ3n) is 3.40. The summed E-state index contributed by atoms with van der Waals surface area (Å²) in [6.07, 6.45) is 0. The number of rotatable bonds is 5. The Morgan fingerprint density at radius 2 is 1.83 bits per heavy atom. The van der Waals surface area contributed by atoms with E-state index in [1.807, 2.05) is 13.0 Å². The molecule has 0 unspecified atom stereocenters. The molecule has 0 saturated heterocycles. The lowest BCUT2D eigenvalue weighted by atomic mass is 10.0. The predicted octanol–water partition coefficient (Wildman–Crippen LogP) is 3.90. The second kappa shape index (κ2) is 7.23. The van der Waals surface area contributed by atoms with Gasteiger partial charge in [0.15, 0.2) is 6.61 Å². The Bertz CT molecular complexity index is 832. The van der Waals surface area contributed by atoms with Crippen molar-refractivity contribution in [1.29, 1.82) is 0 Å². The van der Waals surface area contributed by atoms with Crippen LogP contribution in [0.15, 0.2) is 36.4 Å². The zero-order valence-corrected chi connectivity index (χ0v) is 13.8. The van der Waals surface area contributed by atoms with Crippen molar-refractivity contribution in [2.24, 2.45) is 0 Å². The van der Waals surface area contributed by atoms with Crippen molar-refractivity contribution in [2.45, 2.75) is 13.8 Å². The summed E-state index contributed by atoms with van der Waals surface area (Å²) in [5.74, 6) is -1.32. The average Bonchev–Trinajstić information content (AvgIpc) is 2.54. The molecular formula is C17H14ClNO5. The first-order valence-electron chi connectivity index (χ1n) is 7.01. The van der Waals surface area contributed by atoms with Gasteiger partial charge in [-0.15, -0.1) is 0 Å². The predicted molar refractivity (Wildman–Crippen MR) is 88.6 cm³/mol. The number of benzene rings is 2. The molecule has 0 aliphatic rings. The van der Waals surface area contributed by atoms with Gasteiger partial charge >= 0.3 is 5.97 Å². The van der Waals surface area contributed by atoms with Crippen LogP contribution in [0.2, 0.25) is 5.02 Å². The lowest BCUT2D eigenvalue weighted by Gasteiger charge is -2.08. The minimum Gasteiger partial charge on any atom is -0.454 e. The highest BCUT2D eigenvalue weighted by molar-refractivity contribution is 6.31. The van der Waals surface area contributed by atoms with E-state index in [0.29, 0.717) is 5.56 Å². The molecular weight excluding hydrogens is 334 g/mol. The Labute approximate surface area is 143 Å². The van der Waals surface area contributed by atoms with E-state index in [0.717, 1.165) is 17.2 Å². The number of esters is 1. The van der Waals surface area contributed by atoms with Gasteiger partial charge in [0, 0.05) is 16.7 Å². The fourth-order valence-electron chi connectivity index (χ4n) is 2.15. The van der Waals surface area contributed by atoms with E-state index in [1.54, 1.807) is 19.1 Å². The zero-order valence-electron chi connectivity index (χ0n) is 13.0. The molecule has 0 fully saturated rings.